The molecule has 0 radical (unpaired) electrons. The number of ether oxygens (including phenoxy) is 2. The lowest BCUT2D eigenvalue weighted by Crippen LogP contribution is -2.35. The standard InChI is InChI=1S/C19H29O8P/c1-4-16(20)26-18(14(2)3)27-19(17(21)22)28(23,24)25-13-9-8-12-15-10-6-5-7-11-15/h5-7,10-11,14,18-19H,4,8-9,12-13H2,1-3H3,(H,21,22)(H,23,24)/t18-,19-/m0/s1. The van der Waals surface area contributed by atoms with Gasteiger partial charge in [-0.1, -0.05) is 51.1 Å². The molecule has 1 unspecified atom stereocenters. The zero-order valence-corrected chi connectivity index (χ0v) is 17.3. The molecule has 3 atom stereocenters. The van der Waals surface area contributed by atoms with Gasteiger partial charge in [0, 0.05) is 12.3 Å². The quantitative estimate of drug-likeness (QED) is 0.217. The lowest BCUT2D eigenvalue weighted by molar-refractivity contribution is -0.200. The van der Waals surface area contributed by atoms with E-state index in [9.17, 15) is 24.2 Å². The molecule has 0 spiro atoms. The van der Waals surface area contributed by atoms with Gasteiger partial charge in [-0.15, -0.1) is 0 Å². The number of hydrogen-bond acceptors (Lipinski definition) is 6. The zero-order chi connectivity index (χ0) is 21.2. The molecule has 28 heavy (non-hydrogen) atoms. The minimum absolute atomic E-state index is 0.0685. The van der Waals surface area contributed by atoms with Crippen LogP contribution in [0.25, 0.3) is 0 Å². The van der Waals surface area contributed by atoms with Crippen molar-refractivity contribution < 1.29 is 38.2 Å². The van der Waals surface area contributed by atoms with E-state index in [1.54, 1.807) is 20.8 Å². The Kier molecular flexibility index (Phi) is 10.4. The molecule has 0 amide bonds. The van der Waals surface area contributed by atoms with Crippen LogP contribution in [0.5, 0.6) is 0 Å². The maximum atomic E-state index is 12.4. The van der Waals surface area contributed by atoms with Crippen LogP contribution in [0, 0.1) is 5.92 Å². The van der Waals surface area contributed by atoms with E-state index in [2.05, 4.69) is 0 Å². The molecule has 1 aromatic carbocycles. The molecule has 1 aromatic rings. The fourth-order valence-corrected chi connectivity index (χ4v) is 3.35. The van der Waals surface area contributed by atoms with Crippen molar-refractivity contribution in [2.24, 2.45) is 5.92 Å². The Morgan fingerprint density at radius 1 is 1.14 bits per heavy atom. The number of unbranched alkanes of at least 4 members (excludes halogenated alkanes) is 1. The molecule has 0 aliphatic rings. The maximum Gasteiger partial charge on any atom is 0.368 e. The highest BCUT2D eigenvalue weighted by molar-refractivity contribution is 7.54. The van der Waals surface area contributed by atoms with E-state index in [1.165, 1.54) is 0 Å². The highest BCUT2D eigenvalue weighted by Crippen LogP contribution is 2.49. The molecule has 0 bridgehead atoms. The highest BCUT2D eigenvalue weighted by atomic mass is 31.2. The Hall–Kier alpha value is -1.73. The summed E-state index contributed by atoms with van der Waals surface area (Å²) >= 11 is 0. The minimum Gasteiger partial charge on any atom is -0.479 e. The molecule has 0 saturated heterocycles. The first kappa shape index (κ1) is 24.3. The van der Waals surface area contributed by atoms with Gasteiger partial charge >= 0.3 is 19.5 Å². The average Bonchev–Trinajstić information content (AvgIpc) is 2.64. The van der Waals surface area contributed by atoms with Crippen molar-refractivity contribution in [3.05, 3.63) is 35.9 Å². The SMILES string of the molecule is CCC(=O)O[C@@H](O[C@H](C(=O)O)P(=O)(O)OCCCCc1ccccc1)C(C)C. The van der Waals surface area contributed by atoms with Gasteiger partial charge in [0.2, 0.25) is 6.29 Å². The Bertz CT molecular complexity index is 661. The molecule has 0 saturated carbocycles. The van der Waals surface area contributed by atoms with E-state index >= 15 is 0 Å². The smallest absolute Gasteiger partial charge is 0.368 e. The van der Waals surface area contributed by atoms with Gasteiger partial charge in [0.05, 0.1) is 6.61 Å². The van der Waals surface area contributed by atoms with E-state index in [0.717, 1.165) is 12.0 Å². The third kappa shape index (κ3) is 8.52. The summed E-state index contributed by atoms with van der Waals surface area (Å²) in [6.07, 6.45) is 0.770. The van der Waals surface area contributed by atoms with Gasteiger partial charge in [-0.25, -0.2) is 4.79 Å². The number of benzene rings is 1. The summed E-state index contributed by atoms with van der Waals surface area (Å²) in [5.74, 6) is -4.81. The van der Waals surface area contributed by atoms with Crippen molar-refractivity contribution >= 4 is 19.5 Å². The van der Waals surface area contributed by atoms with Crippen molar-refractivity contribution in [3.63, 3.8) is 0 Å². The molecule has 0 aromatic heterocycles. The van der Waals surface area contributed by atoms with Gasteiger partial charge in [-0.3, -0.25) is 9.36 Å². The van der Waals surface area contributed by atoms with Gasteiger partial charge in [0.25, 0.3) is 5.85 Å². The van der Waals surface area contributed by atoms with Crippen LogP contribution in [-0.2, 0) is 34.6 Å². The van der Waals surface area contributed by atoms with Crippen LogP contribution in [0.2, 0.25) is 0 Å². The topological polar surface area (TPSA) is 119 Å². The summed E-state index contributed by atoms with van der Waals surface area (Å²) < 4.78 is 27.5. The van der Waals surface area contributed by atoms with Crippen LogP contribution in [0.4, 0.5) is 0 Å². The van der Waals surface area contributed by atoms with E-state index in [-0.39, 0.29) is 13.0 Å². The number of rotatable bonds is 13. The molecule has 0 fully saturated rings. The summed E-state index contributed by atoms with van der Waals surface area (Å²) in [7, 11) is -4.63. The molecular formula is C19H29O8P. The molecule has 0 heterocycles. The Morgan fingerprint density at radius 3 is 2.32 bits per heavy atom. The fraction of sp³-hybridized carbons (Fsp3) is 0.579. The van der Waals surface area contributed by atoms with Crippen LogP contribution in [0.3, 0.4) is 0 Å². The first-order valence-electron chi connectivity index (χ1n) is 9.26. The third-order valence-electron chi connectivity index (χ3n) is 3.83. The predicted molar refractivity (Wildman–Crippen MR) is 103 cm³/mol. The first-order chi connectivity index (χ1) is 13.2. The number of esters is 1. The number of hydrogen-bond donors (Lipinski definition) is 2. The van der Waals surface area contributed by atoms with Crippen molar-refractivity contribution in [2.45, 2.75) is 58.6 Å². The Labute approximate surface area is 165 Å². The largest absolute Gasteiger partial charge is 0.479 e. The number of carbonyl (C=O) groups excluding carboxylic acids is 1. The number of aliphatic carboxylic acids is 1. The summed E-state index contributed by atoms with van der Waals surface area (Å²) in [6, 6.07) is 9.74. The molecule has 1 rings (SSSR count). The maximum absolute atomic E-state index is 12.4. The second-order valence-electron chi connectivity index (χ2n) is 6.62. The fourth-order valence-electron chi connectivity index (χ4n) is 2.27. The van der Waals surface area contributed by atoms with Gasteiger partial charge in [0.1, 0.15) is 0 Å². The summed E-state index contributed by atoms with van der Waals surface area (Å²) in [5, 5.41) is 9.30. The highest BCUT2D eigenvalue weighted by Gasteiger charge is 2.43. The van der Waals surface area contributed by atoms with Crippen molar-refractivity contribution in [1.82, 2.24) is 0 Å². The van der Waals surface area contributed by atoms with E-state index < -0.39 is 37.6 Å². The molecule has 0 aliphatic carbocycles. The van der Waals surface area contributed by atoms with Gasteiger partial charge in [-0.05, 0) is 24.8 Å². The number of carbonyl (C=O) groups is 2. The number of carboxylic acids is 1. The van der Waals surface area contributed by atoms with E-state index in [4.69, 9.17) is 14.0 Å². The van der Waals surface area contributed by atoms with Gasteiger partial charge < -0.3 is 24.0 Å². The second-order valence-corrected chi connectivity index (χ2v) is 8.48. The Morgan fingerprint density at radius 2 is 1.79 bits per heavy atom. The molecule has 8 nitrogen and oxygen atoms in total. The van der Waals surface area contributed by atoms with Crippen molar-refractivity contribution in [3.8, 4) is 0 Å². The van der Waals surface area contributed by atoms with Crippen LogP contribution in [0.1, 0.15) is 45.6 Å². The van der Waals surface area contributed by atoms with Crippen LogP contribution >= 0.6 is 7.60 Å². The van der Waals surface area contributed by atoms with Gasteiger partial charge in [-0.2, -0.15) is 0 Å². The van der Waals surface area contributed by atoms with Crippen LogP contribution in [0.15, 0.2) is 30.3 Å². The van der Waals surface area contributed by atoms with E-state index in [0.29, 0.717) is 12.8 Å². The van der Waals surface area contributed by atoms with Gasteiger partial charge in [0.15, 0.2) is 0 Å². The third-order valence-corrected chi connectivity index (χ3v) is 5.32. The zero-order valence-electron chi connectivity index (χ0n) is 16.4. The second kappa shape index (κ2) is 12.0. The predicted octanol–water partition coefficient (Wildman–Crippen LogP) is 3.57. The molecular weight excluding hydrogens is 387 g/mol. The number of carboxylic acid groups (broad SMARTS) is 1. The van der Waals surface area contributed by atoms with Crippen LogP contribution < -0.4 is 0 Å². The average molecular weight is 416 g/mol. The molecule has 0 aliphatic heterocycles. The molecule has 158 valence electrons. The minimum atomic E-state index is -4.63. The number of aryl methyl sites for hydroxylation is 1. The lowest BCUT2D eigenvalue weighted by atomic mass is 10.1. The Balaban J connectivity index is 2.59. The summed E-state index contributed by atoms with van der Waals surface area (Å²) in [6.45, 7) is 4.76. The molecule has 2 N–H and O–H groups in total. The lowest BCUT2D eigenvalue weighted by Gasteiger charge is -2.27. The normalized spacial score (nSPS) is 15.6. The van der Waals surface area contributed by atoms with Crippen LogP contribution in [-0.4, -0.2) is 40.7 Å². The summed E-state index contributed by atoms with van der Waals surface area (Å²) in [4.78, 5) is 33.0. The first-order valence-corrected chi connectivity index (χ1v) is 10.9. The summed E-state index contributed by atoms with van der Waals surface area (Å²) in [5.41, 5.74) is 1.14. The monoisotopic (exact) mass is 416 g/mol. The van der Waals surface area contributed by atoms with E-state index in [1.807, 2.05) is 30.3 Å². The van der Waals surface area contributed by atoms with Crippen molar-refractivity contribution in [1.29, 1.82) is 0 Å². The van der Waals surface area contributed by atoms with Crippen molar-refractivity contribution in [2.75, 3.05) is 6.61 Å². The molecule has 9 heteroatoms.